The first-order valence-electron chi connectivity index (χ1n) is 7.07. The Hall–Kier alpha value is -1.65. The van der Waals surface area contributed by atoms with Gasteiger partial charge in [-0.05, 0) is 36.2 Å². The highest BCUT2D eigenvalue weighted by molar-refractivity contribution is 7.99. The van der Waals surface area contributed by atoms with Crippen LogP contribution in [0.3, 0.4) is 0 Å². The second-order valence-electron chi connectivity index (χ2n) is 5.09. The molecular formula is C17H19NO2S. The van der Waals surface area contributed by atoms with Crippen LogP contribution in [-0.2, 0) is 0 Å². The van der Waals surface area contributed by atoms with Crippen LogP contribution in [-0.4, -0.2) is 19.0 Å². The number of nitrogens with two attached hydrogens (primary N) is 1. The largest absolute Gasteiger partial charge is 0.486 e. The number of benzene rings is 2. The van der Waals surface area contributed by atoms with Gasteiger partial charge in [-0.25, -0.2) is 0 Å². The molecule has 110 valence electrons. The van der Waals surface area contributed by atoms with Crippen LogP contribution in [0.25, 0.3) is 0 Å². The average Bonchev–Trinajstić information content (AvgIpc) is 2.53. The fourth-order valence-electron chi connectivity index (χ4n) is 2.28. The monoisotopic (exact) mass is 301 g/mol. The molecule has 1 aliphatic rings. The molecule has 2 N–H and O–H groups in total. The summed E-state index contributed by atoms with van der Waals surface area (Å²) in [6, 6.07) is 14.3. The minimum Gasteiger partial charge on any atom is -0.486 e. The molecule has 2 aromatic carbocycles. The lowest BCUT2D eigenvalue weighted by Gasteiger charge is -2.20. The van der Waals surface area contributed by atoms with E-state index in [1.807, 2.05) is 18.2 Å². The van der Waals surface area contributed by atoms with Gasteiger partial charge in [0.05, 0.1) is 0 Å². The van der Waals surface area contributed by atoms with Crippen LogP contribution in [0.15, 0.2) is 47.4 Å². The van der Waals surface area contributed by atoms with E-state index in [9.17, 15) is 0 Å². The molecule has 1 atom stereocenters. The van der Waals surface area contributed by atoms with E-state index in [-0.39, 0.29) is 6.04 Å². The quantitative estimate of drug-likeness (QED) is 0.877. The minimum absolute atomic E-state index is 0.0227. The molecule has 3 nitrogen and oxygen atoms in total. The van der Waals surface area contributed by atoms with Gasteiger partial charge in [-0.1, -0.05) is 24.3 Å². The van der Waals surface area contributed by atoms with E-state index in [0.29, 0.717) is 13.2 Å². The first-order valence-corrected chi connectivity index (χ1v) is 8.06. The van der Waals surface area contributed by atoms with E-state index in [2.05, 4.69) is 31.2 Å². The maximum atomic E-state index is 6.31. The Morgan fingerprint density at radius 3 is 2.67 bits per heavy atom. The standard InChI is InChI=1S/C17H19NO2S/c1-12-4-2-3-5-17(12)21-11-14(18)13-6-7-15-16(10-13)20-9-8-19-15/h2-7,10,14H,8-9,11,18H2,1H3. The third-order valence-corrected chi connectivity index (χ3v) is 4.80. The number of fused-ring (bicyclic) bond motifs is 1. The molecule has 0 fully saturated rings. The molecule has 0 aliphatic carbocycles. The average molecular weight is 301 g/mol. The third-order valence-electron chi connectivity index (χ3n) is 3.51. The molecule has 0 aromatic heterocycles. The van der Waals surface area contributed by atoms with Gasteiger partial charge in [0.2, 0.25) is 0 Å². The van der Waals surface area contributed by atoms with Crippen LogP contribution >= 0.6 is 11.8 Å². The smallest absolute Gasteiger partial charge is 0.161 e. The Labute approximate surface area is 129 Å². The Kier molecular flexibility index (Phi) is 4.36. The van der Waals surface area contributed by atoms with Crippen molar-refractivity contribution in [3.8, 4) is 11.5 Å². The Bertz CT molecular complexity index is 630. The minimum atomic E-state index is -0.0227. The Balaban J connectivity index is 1.68. The Morgan fingerprint density at radius 1 is 1.10 bits per heavy atom. The van der Waals surface area contributed by atoms with E-state index in [1.165, 1.54) is 10.5 Å². The van der Waals surface area contributed by atoms with Gasteiger partial charge >= 0.3 is 0 Å². The SMILES string of the molecule is Cc1ccccc1SCC(N)c1ccc2c(c1)OCCO2. The number of hydrogen-bond donors (Lipinski definition) is 1. The highest BCUT2D eigenvalue weighted by Gasteiger charge is 2.15. The topological polar surface area (TPSA) is 44.5 Å². The molecule has 4 heteroatoms. The molecule has 2 aromatic rings. The molecule has 0 radical (unpaired) electrons. The van der Waals surface area contributed by atoms with Crippen LogP contribution < -0.4 is 15.2 Å². The van der Waals surface area contributed by atoms with E-state index in [0.717, 1.165) is 22.8 Å². The second-order valence-corrected chi connectivity index (χ2v) is 6.15. The van der Waals surface area contributed by atoms with Crippen molar-refractivity contribution in [2.75, 3.05) is 19.0 Å². The van der Waals surface area contributed by atoms with Gasteiger partial charge in [0.25, 0.3) is 0 Å². The van der Waals surface area contributed by atoms with Crippen molar-refractivity contribution in [1.82, 2.24) is 0 Å². The maximum Gasteiger partial charge on any atom is 0.161 e. The fraction of sp³-hybridized carbons (Fsp3) is 0.294. The summed E-state index contributed by atoms with van der Waals surface area (Å²) in [5.74, 6) is 2.45. The molecule has 0 spiro atoms. The number of hydrogen-bond acceptors (Lipinski definition) is 4. The van der Waals surface area contributed by atoms with Crippen molar-refractivity contribution >= 4 is 11.8 Å². The molecule has 1 unspecified atom stereocenters. The van der Waals surface area contributed by atoms with Gasteiger partial charge < -0.3 is 15.2 Å². The lowest BCUT2D eigenvalue weighted by Crippen LogP contribution is -2.17. The number of aryl methyl sites for hydroxylation is 1. The molecule has 3 rings (SSSR count). The zero-order valence-corrected chi connectivity index (χ0v) is 12.9. The highest BCUT2D eigenvalue weighted by atomic mass is 32.2. The summed E-state index contributed by atoms with van der Waals surface area (Å²) in [5.41, 5.74) is 8.68. The predicted molar refractivity (Wildman–Crippen MR) is 86.3 cm³/mol. The summed E-state index contributed by atoms with van der Waals surface area (Å²) in [6.07, 6.45) is 0. The predicted octanol–water partition coefficient (Wildman–Crippen LogP) is 3.56. The molecule has 0 saturated heterocycles. The first kappa shape index (κ1) is 14.3. The van der Waals surface area contributed by atoms with Crippen molar-refractivity contribution in [2.24, 2.45) is 5.73 Å². The van der Waals surface area contributed by atoms with Crippen LogP contribution in [0, 0.1) is 6.92 Å². The summed E-state index contributed by atoms with van der Waals surface area (Å²) in [5, 5.41) is 0. The second kappa shape index (κ2) is 6.41. The van der Waals surface area contributed by atoms with E-state index < -0.39 is 0 Å². The third kappa shape index (κ3) is 3.34. The molecule has 1 aliphatic heterocycles. The van der Waals surface area contributed by atoms with Crippen molar-refractivity contribution in [3.63, 3.8) is 0 Å². The number of rotatable bonds is 4. The summed E-state index contributed by atoms with van der Waals surface area (Å²) >= 11 is 1.79. The normalized spacial score (nSPS) is 14.8. The molecule has 1 heterocycles. The van der Waals surface area contributed by atoms with Gasteiger partial charge in [0, 0.05) is 16.7 Å². The zero-order chi connectivity index (χ0) is 14.7. The Morgan fingerprint density at radius 2 is 1.86 bits per heavy atom. The maximum absolute atomic E-state index is 6.31. The van der Waals surface area contributed by atoms with Gasteiger partial charge in [0.1, 0.15) is 13.2 Å². The van der Waals surface area contributed by atoms with Crippen molar-refractivity contribution in [1.29, 1.82) is 0 Å². The van der Waals surface area contributed by atoms with E-state index in [4.69, 9.17) is 15.2 Å². The number of thioether (sulfide) groups is 1. The fourth-order valence-corrected chi connectivity index (χ4v) is 3.31. The first-order chi connectivity index (χ1) is 10.2. The van der Waals surface area contributed by atoms with Gasteiger partial charge in [-0.15, -0.1) is 11.8 Å². The van der Waals surface area contributed by atoms with Crippen LogP contribution in [0.4, 0.5) is 0 Å². The highest BCUT2D eigenvalue weighted by Crippen LogP contribution is 2.33. The van der Waals surface area contributed by atoms with Crippen molar-refractivity contribution in [2.45, 2.75) is 17.9 Å². The molecular weight excluding hydrogens is 282 g/mol. The van der Waals surface area contributed by atoms with Crippen molar-refractivity contribution in [3.05, 3.63) is 53.6 Å². The lowest BCUT2D eigenvalue weighted by molar-refractivity contribution is 0.171. The number of ether oxygens (including phenoxy) is 2. The van der Waals surface area contributed by atoms with Crippen molar-refractivity contribution < 1.29 is 9.47 Å². The van der Waals surface area contributed by atoms with Crippen LogP contribution in [0.2, 0.25) is 0 Å². The molecule has 0 bridgehead atoms. The summed E-state index contributed by atoms with van der Waals surface area (Å²) in [6.45, 7) is 3.34. The van der Waals surface area contributed by atoms with Gasteiger partial charge in [-0.3, -0.25) is 0 Å². The van der Waals surface area contributed by atoms with Crippen LogP contribution in [0.1, 0.15) is 17.2 Å². The lowest BCUT2D eigenvalue weighted by atomic mass is 10.1. The van der Waals surface area contributed by atoms with Crippen LogP contribution in [0.5, 0.6) is 11.5 Å². The molecule has 0 saturated carbocycles. The van der Waals surface area contributed by atoms with E-state index in [1.54, 1.807) is 11.8 Å². The molecule has 0 amide bonds. The van der Waals surface area contributed by atoms with Gasteiger partial charge in [-0.2, -0.15) is 0 Å². The zero-order valence-electron chi connectivity index (χ0n) is 12.0. The summed E-state index contributed by atoms with van der Waals surface area (Å²) in [4.78, 5) is 1.28. The summed E-state index contributed by atoms with van der Waals surface area (Å²) in [7, 11) is 0. The van der Waals surface area contributed by atoms with Gasteiger partial charge in [0.15, 0.2) is 11.5 Å². The molecule has 21 heavy (non-hydrogen) atoms. The van der Waals surface area contributed by atoms with E-state index >= 15 is 0 Å². The summed E-state index contributed by atoms with van der Waals surface area (Å²) < 4.78 is 11.1.